The molecule has 112 valence electrons. The molecule has 1 heterocycles. The molecule has 0 amide bonds. The third-order valence-corrected chi connectivity index (χ3v) is 5.98. The van der Waals surface area contributed by atoms with Crippen molar-refractivity contribution < 1.29 is 12.8 Å². The maximum atomic E-state index is 13.3. The Kier molecular flexibility index (Phi) is 5.01. The molecule has 0 bridgehead atoms. The van der Waals surface area contributed by atoms with Crippen LogP contribution in [0.4, 0.5) is 4.39 Å². The third-order valence-electron chi connectivity index (χ3n) is 3.47. The fourth-order valence-electron chi connectivity index (χ4n) is 2.50. The Hall–Kier alpha value is -0.690. The Labute approximate surface area is 124 Å². The van der Waals surface area contributed by atoms with Crippen LogP contribution in [0.25, 0.3) is 0 Å². The van der Waals surface area contributed by atoms with Gasteiger partial charge in [-0.15, -0.1) is 0 Å². The topological polar surface area (TPSA) is 49.4 Å². The number of nitrogens with one attached hydrogen (secondary N) is 1. The van der Waals surface area contributed by atoms with Crippen LogP contribution in [0.3, 0.4) is 0 Å². The zero-order valence-electron chi connectivity index (χ0n) is 11.3. The Morgan fingerprint density at radius 2 is 2.25 bits per heavy atom. The van der Waals surface area contributed by atoms with Crippen LogP contribution in [0.1, 0.15) is 19.8 Å². The molecule has 1 aromatic rings. The second kappa shape index (κ2) is 6.39. The molecule has 1 N–H and O–H groups in total. The zero-order valence-corrected chi connectivity index (χ0v) is 12.8. The second-order valence-corrected chi connectivity index (χ2v) is 7.05. The number of likely N-dealkylation sites (N-methyl/N-ethyl adjacent to an activating group) is 1. The highest BCUT2D eigenvalue weighted by atomic mass is 35.5. The van der Waals surface area contributed by atoms with Gasteiger partial charge in [-0.2, -0.15) is 4.31 Å². The minimum absolute atomic E-state index is 0.0496. The molecule has 1 aliphatic heterocycles. The maximum absolute atomic E-state index is 13.3. The quantitative estimate of drug-likeness (QED) is 0.925. The minimum atomic E-state index is -3.78. The lowest BCUT2D eigenvalue weighted by Gasteiger charge is -2.33. The average molecular weight is 321 g/mol. The lowest BCUT2D eigenvalue weighted by Crippen LogP contribution is -2.48. The molecule has 7 heteroatoms. The van der Waals surface area contributed by atoms with Gasteiger partial charge in [-0.3, -0.25) is 0 Å². The fraction of sp³-hybridized carbons (Fsp3) is 0.538. The van der Waals surface area contributed by atoms with Crippen LogP contribution in [0.2, 0.25) is 5.02 Å². The van der Waals surface area contributed by atoms with Crippen LogP contribution in [0, 0.1) is 5.82 Å². The summed E-state index contributed by atoms with van der Waals surface area (Å²) in [7, 11) is -3.78. The summed E-state index contributed by atoms with van der Waals surface area (Å²) in [4.78, 5) is -0.161. The van der Waals surface area contributed by atoms with Gasteiger partial charge >= 0.3 is 0 Å². The van der Waals surface area contributed by atoms with Crippen molar-refractivity contribution in [2.45, 2.75) is 30.7 Å². The summed E-state index contributed by atoms with van der Waals surface area (Å²) in [6.45, 7) is 3.62. The van der Waals surface area contributed by atoms with Crippen LogP contribution in [0.5, 0.6) is 0 Å². The predicted octanol–water partition coefficient (Wildman–Crippen LogP) is 2.24. The van der Waals surface area contributed by atoms with E-state index in [-0.39, 0.29) is 16.0 Å². The summed E-state index contributed by atoms with van der Waals surface area (Å²) in [6.07, 6.45) is 1.72. The van der Waals surface area contributed by atoms with E-state index in [2.05, 4.69) is 5.32 Å². The molecule has 0 saturated carbocycles. The van der Waals surface area contributed by atoms with E-state index in [9.17, 15) is 12.8 Å². The second-order valence-electron chi connectivity index (χ2n) is 4.78. The Bertz CT molecular complexity index is 574. The maximum Gasteiger partial charge on any atom is 0.244 e. The van der Waals surface area contributed by atoms with E-state index in [4.69, 9.17) is 11.6 Å². The first kappa shape index (κ1) is 15.7. The van der Waals surface area contributed by atoms with Crippen molar-refractivity contribution >= 4 is 21.6 Å². The molecular formula is C13H18ClFN2O2S. The standard InChI is InChI=1S/C13H18ClFN2O2S/c1-2-17(11-4-3-7-16-9-11)20(18,19)13-8-10(15)5-6-12(13)14/h5-6,8,11,16H,2-4,7,9H2,1H3. The summed E-state index contributed by atoms with van der Waals surface area (Å²) >= 11 is 5.93. The molecule has 0 aromatic heterocycles. The van der Waals surface area contributed by atoms with E-state index >= 15 is 0 Å². The number of rotatable bonds is 4. The monoisotopic (exact) mass is 320 g/mol. The summed E-state index contributed by atoms with van der Waals surface area (Å²) in [6, 6.07) is 3.30. The van der Waals surface area contributed by atoms with Gasteiger partial charge in [0.1, 0.15) is 10.7 Å². The number of halogens is 2. The highest BCUT2D eigenvalue weighted by Gasteiger charge is 2.32. The molecule has 1 aliphatic rings. The molecule has 0 radical (unpaired) electrons. The average Bonchev–Trinajstić information content (AvgIpc) is 2.43. The first-order chi connectivity index (χ1) is 9.46. The summed E-state index contributed by atoms with van der Waals surface area (Å²) in [5, 5.41) is 3.24. The summed E-state index contributed by atoms with van der Waals surface area (Å²) in [5.74, 6) is -0.606. The van der Waals surface area contributed by atoms with Crippen molar-refractivity contribution in [3.8, 4) is 0 Å². The van der Waals surface area contributed by atoms with Gasteiger partial charge in [0.05, 0.1) is 5.02 Å². The largest absolute Gasteiger partial charge is 0.315 e. The van der Waals surface area contributed by atoms with Gasteiger partial charge in [0.25, 0.3) is 0 Å². The van der Waals surface area contributed by atoms with Gasteiger partial charge in [0.2, 0.25) is 10.0 Å². The van der Waals surface area contributed by atoms with Gasteiger partial charge in [0, 0.05) is 19.1 Å². The van der Waals surface area contributed by atoms with Crippen LogP contribution in [0.15, 0.2) is 23.1 Å². The van der Waals surface area contributed by atoms with E-state index in [0.717, 1.165) is 31.5 Å². The molecule has 1 fully saturated rings. The van der Waals surface area contributed by atoms with Crippen molar-refractivity contribution in [2.75, 3.05) is 19.6 Å². The van der Waals surface area contributed by atoms with Gasteiger partial charge < -0.3 is 5.32 Å². The number of sulfonamides is 1. The van der Waals surface area contributed by atoms with Gasteiger partial charge in [-0.05, 0) is 37.6 Å². The Balaban J connectivity index is 2.38. The van der Waals surface area contributed by atoms with E-state index < -0.39 is 15.8 Å². The first-order valence-corrected chi connectivity index (χ1v) is 8.46. The lowest BCUT2D eigenvalue weighted by molar-refractivity contribution is 0.274. The zero-order chi connectivity index (χ0) is 14.8. The molecule has 4 nitrogen and oxygen atoms in total. The summed E-state index contributed by atoms with van der Waals surface area (Å²) < 4.78 is 40.1. The number of hydrogen-bond acceptors (Lipinski definition) is 3. The lowest BCUT2D eigenvalue weighted by atomic mass is 10.1. The van der Waals surface area contributed by atoms with Crippen molar-refractivity contribution in [2.24, 2.45) is 0 Å². The van der Waals surface area contributed by atoms with Crippen molar-refractivity contribution in [1.82, 2.24) is 9.62 Å². The summed E-state index contributed by atoms with van der Waals surface area (Å²) in [5.41, 5.74) is 0. The third kappa shape index (κ3) is 3.14. The molecule has 1 atom stereocenters. The van der Waals surface area contributed by atoms with Crippen molar-refractivity contribution in [3.63, 3.8) is 0 Å². The van der Waals surface area contributed by atoms with Crippen LogP contribution in [-0.4, -0.2) is 38.4 Å². The van der Waals surface area contributed by atoms with Crippen molar-refractivity contribution in [1.29, 1.82) is 0 Å². The number of nitrogens with zero attached hydrogens (tertiary/aromatic N) is 1. The normalized spacial score (nSPS) is 20.3. The van der Waals surface area contributed by atoms with Gasteiger partial charge in [-0.1, -0.05) is 18.5 Å². The van der Waals surface area contributed by atoms with E-state index in [1.807, 2.05) is 0 Å². The van der Waals surface area contributed by atoms with Crippen LogP contribution in [-0.2, 0) is 10.0 Å². The molecule has 1 saturated heterocycles. The number of benzene rings is 1. The fourth-order valence-corrected chi connectivity index (χ4v) is 4.66. The molecule has 1 aromatic carbocycles. The molecular weight excluding hydrogens is 303 g/mol. The Morgan fingerprint density at radius 3 is 2.85 bits per heavy atom. The molecule has 0 spiro atoms. The Morgan fingerprint density at radius 1 is 1.50 bits per heavy atom. The van der Waals surface area contributed by atoms with Crippen LogP contribution < -0.4 is 5.32 Å². The number of hydrogen-bond donors (Lipinski definition) is 1. The predicted molar refractivity (Wildman–Crippen MR) is 76.9 cm³/mol. The number of piperidine rings is 1. The molecule has 20 heavy (non-hydrogen) atoms. The van der Waals surface area contributed by atoms with Gasteiger partial charge in [0.15, 0.2) is 0 Å². The van der Waals surface area contributed by atoms with E-state index in [1.165, 1.54) is 10.4 Å². The smallest absolute Gasteiger partial charge is 0.244 e. The van der Waals surface area contributed by atoms with E-state index in [1.54, 1.807) is 6.92 Å². The molecule has 1 unspecified atom stereocenters. The van der Waals surface area contributed by atoms with E-state index in [0.29, 0.717) is 13.1 Å². The van der Waals surface area contributed by atoms with Crippen molar-refractivity contribution in [3.05, 3.63) is 29.0 Å². The molecule has 0 aliphatic carbocycles. The highest BCUT2D eigenvalue weighted by molar-refractivity contribution is 7.89. The minimum Gasteiger partial charge on any atom is -0.315 e. The molecule has 2 rings (SSSR count). The first-order valence-electron chi connectivity index (χ1n) is 6.64. The van der Waals surface area contributed by atoms with Gasteiger partial charge in [-0.25, -0.2) is 12.8 Å². The highest BCUT2D eigenvalue weighted by Crippen LogP contribution is 2.27. The van der Waals surface area contributed by atoms with Crippen LogP contribution >= 0.6 is 11.6 Å². The SMILES string of the molecule is CCN(C1CCCNC1)S(=O)(=O)c1cc(F)ccc1Cl.